The molecule has 1 rings (SSSR count). The average molecular weight is 205 g/mol. The molecule has 0 saturated heterocycles. The van der Waals surface area contributed by atoms with E-state index in [0.717, 1.165) is 13.0 Å². The Morgan fingerprint density at radius 2 is 1.73 bits per heavy atom. The van der Waals surface area contributed by atoms with Gasteiger partial charge in [-0.3, -0.25) is 0 Å². The molecule has 0 heterocycles. The zero-order valence-electron chi connectivity index (χ0n) is 10.4. The van der Waals surface area contributed by atoms with Crippen molar-refractivity contribution in [3.8, 4) is 0 Å². The highest BCUT2D eigenvalue weighted by Crippen LogP contribution is 2.12. The van der Waals surface area contributed by atoms with Crippen molar-refractivity contribution in [2.45, 2.75) is 39.7 Å². The predicted octanol–water partition coefficient (Wildman–Crippen LogP) is 3.25. The summed E-state index contributed by atoms with van der Waals surface area (Å²) in [4.78, 5) is 0. The molecule has 0 aromatic heterocycles. The Labute approximate surface area is 93.9 Å². The van der Waals surface area contributed by atoms with Gasteiger partial charge in [-0.25, -0.2) is 0 Å². The number of rotatable bonds is 5. The molecule has 0 radical (unpaired) electrons. The third kappa shape index (κ3) is 4.98. The highest BCUT2D eigenvalue weighted by Gasteiger charge is 2.17. The Hall–Kier alpha value is -0.820. The minimum absolute atomic E-state index is 0.186. The quantitative estimate of drug-likeness (QED) is 0.778. The van der Waals surface area contributed by atoms with Crippen LogP contribution in [0.1, 0.15) is 33.3 Å². The van der Waals surface area contributed by atoms with Crippen molar-refractivity contribution in [2.24, 2.45) is 5.92 Å². The van der Waals surface area contributed by atoms with Crippen LogP contribution in [-0.4, -0.2) is 12.1 Å². The molecule has 15 heavy (non-hydrogen) atoms. The van der Waals surface area contributed by atoms with Crippen LogP contribution in [0.4, 0.5) is 0 Å². The maximum absolute atomic E-state index is 3.61. The van der Waals surface area contributed by atoms with E-state index in [4.69, 9.17) is 0 Å². The molecule has 0 aliphatic carbocycles. The summed E-state index contributed by atoms with van der Waals surface area (Å²) >= 11 is 0. The summed E-state index contributed by atoms with van der Waals surface area (Å²) in [5.41, 5.74) is 1.59. The molecule has 1 nitrogen and oxygen atoms in total. The first-order valence-corrected chi connectivity index (χ1v) is 5.78. The Bertz CT molecular complexity index is 275. The van der Waals surface area contributed by atoms with Crippen molar-refractivity contribution >= 4 is 0 Å². The first kappa shape index (κ1) is 12.3. The van der Waals surface area contributed by atoms with Gasteiger partial charge in [0.05, 0.1) is 0 Å². The molecule has 0 amide bonds. The molecule has 1 N–H and O–H groups in total. The average Bonchev–Trinajstić information content (AvgIpc) is 2.16. The van der Waals surface area contributed by atoms with Crippen molar-refractivity contribution in [1.29, 1.82) is 0 Å². The van der Waals surface area contributed by atoms with E-state index in [1.54, 1.807) is 0 Å². The fraction of sp³-hybridized carbons (Fsp3) is 0.571. The van der Waals surface area contributed by atoms with Crippen molar-refractivity contribution in [2.75, 3.05) is 6.54 Å². The van der Waals surface area contributed by atoms with E-state index < -0.39 is 0 Å². The third-order valence-corrected chi connectivity index (χ3v) is 2.48. The lowest BCUT2D eigenvalue weighted by Gasteiger charge is -2.27. The number of benzene rings is 1. The van der Waals surface area contributed by atoms with Gasteiger partial charge in [0.25, 0.3) is 0 Å². The minimum atomic E-state index is 0.186. The lowest BCUT2D eigenvalue weighted by atomic mass is 9.94. The standard InChI is InChI=1S/C14H23N/c1-12(2)11-15-14(3,4)10-13-8-6-5-7-9-13/h5-9,12,15H,10-11H2,1-4H3. The molecule has 0 unspecified atom stereocenters. The van der Waals surface area contributed by atoms with Crippen LogP contribution in [-0.2, 0) is 6.42 Å². The van der Waals surface area contributed by atoms with Crippen LogP contribution in [0.25, 0.3) is 0 Å². The van der Waals surface area contributed by atoms with Gasteiger partial charge in [0.15, 0.2) is 0 Å². The monoisotopic (exact) mass is 205 g/mol. The van der Waals surface area contributed by atoms with E-state index in [1.165, 1.54) is 5.56 Å². The van der Waals surface area contributed by atoms with Gasteiger partial charge in [-0.1, -0.05) is 44.2 Å². The molecule has 0 spiro atoms. The molecule has 1 aromatic rings. The van der Waals surface area contributed by atoms with Crippen molar-refractivity contribution in [3.05, 3.63) is 35.9 Å². The lowest BCUT2D eigenvalue weighted by molar-refractivity contribution is 0.361. The van der Waals surface area contributed by atoms with Gasteiger partial charge >= 0.3 is 0 Å². The maximum Gasteiger partial charge on any atom is 0.0165 e. The molecule has 0 aliphatic heterocycles. The van der Waals surface area contributed by atoms with Crippen LogP contribution in [0.5, 0.6) is 0 Å². The fourth-order valence-electron chi connectivity index (χ4n) is 1.65. The first-order chi connectivity index (χ1) is 6.99. The molecule has 0 bridgehead atoms. The first-order valence-electron chi connectivity index (χ1n) is 5.78. The van der Waals surface area contributed by atoms with Crippen molar-refractivity contribution in [1.82, 2.24) is 5.32 Å². The van der Waals surface area contributed by atoms with Gasteiger partial charge in [0.1, 0.15) is 0 Å². The van der Waals surface area contributed by atoms with E-state index in [2.05, 4.69) is 63.3 Å². The molecule has 0 aliphatic rings. The topological polar surface area (TPSA) is 12.0 Å². The van der Waals surface area contributed by atoms with Crippen LogP contribution in [0.15, 0.2) is 30.3 Å². The fourth-order valence-corrected chi connectivity index (χ4v) is 1.65. The Kier molecular flexibility index (Phi) is 4.34. The SMILES string of the molecule is CC(C)CNC(C)(C)Cc1ccccc1. The summed E-state index contributed by atoms with van der Waals surface area (Å²) in [5, 5.41) is 3.61. The summed E-state index contributed by atoms with van der Waals surface area (Å²) in [7, 11) is 0. The molecule has 1 aromatic carbocycles. The summed E-state index contributed by atoms with van der Waals surface area (Å²) in [6, 6.07) is 10.7. The minimum Gasteiger partial charge on any atom is -0.311 e. The van der Waals surface area contributed by atoms with Gasteiger partial charge in [0.2, 0.25) is 0 Å². The van der Waals surface area contributed by atoms with Crippen LogP contribution in [0.2, 0.25) is 0 Å². The number of hydrogen-bond acceptors (Lipinski definition) is 1. The largest absolute Gasteiger partial charge is 0.311 e. The summed E-state index contributed by atoms with van der Waals surface area (Å²) in [5.74, 6) is 0.708. The molecule has 1 heteroatoms. The van der Waals surface area contributed by atoms with Crippen LogP contribution in [0.3, 0.4) is 0 Å². The second-order valence-electron chi connectivity index (χ2n) is 5.32. The van der Waals surface area contributed by atoms with E-state index >= 15 is 0 Å². The third-order valence-electron chi connectivity index (χ3n) is 2.48. The highest BCUT2D eigenvalue weighted by atomic mass is 14.9. The van der Waals surface area contributed by atoms with Crippen LogP contribution >= 0.6 is 0 Å². The lowest BCUT2D eigenvalue weighted by Crippen LogP contribution is -2.43. The maximum atomic E-state index is 3.61. The molecular weight excluding hydrogens is 182 g/mol. The van der Waals surface area contributed by atoms with E-state index in [9.17, 15) is 0 Å². The van der Waals surface area contributed by atoms with E-state index in [0.29, 0.717) is 5.92 Å². The van der Waals surface area contributed by atoms with Crippen LogP contribution < -0.4 is 5.32 Å². The van der Waals surface area contributed by atoms with Crippen molar-refractivity contribution in [3.63, 3.8) is 0 Å². The predicted molar refractivity (Wildman–Crippen MR) is 67.1 cm³/mol. The van der Waals surface area contributed by atoms with E-state index in [1.807, 2.05) is 0 Å². The van der Waals surface area contributed by atoms with Gasteiger partial charge < -0.3 is 5.32 Å². The van der Waals surface area contributed by atoms with Gasteiger partial charge in [0, 0.05) is 5.54 Å². The second-order valence-corrected chi connectivity index (χ2v) is 5.32. The highest BCUT2D eigenvalue weighted by molar-refractivity contribution is 5.17. The van der Waals surface area contributed by atoms with Gasteiger partial charge in [-0.15, -0.1) is 0 Å². The summed E-state index contributed by atoms with van der Waals surface area (Å²) in [6.45, 7) is 10.1. The molecule has 84 valence electrons. The molecule has 0 fully saturated rings. The molecule has 0 saturated carbocycles. The van der Waals surface area contributed by atoms with E-state index in [-0.39, 0.29) is 5.54 Å². The van der Waals surface area contributed by atoms with Gasteiger partial charge in [-0.2, -0.15) is 0 Å². The Morgan fingerprint density at radius 3 is 2.27 bits per heavy atom. The molecule has 0 atom stereocenters. The normalized spacial score (nSPS) is 12.1. The molecular formula is C14H23N. The van der Waals surface area contributed by atoms with Crippen LogP contribution in [0, 0.1) is 5.92 Å². The summed E-state index contributed by atoms with van der Waals surface area (Å²) in [6.07, 6.45) is 1.08. The Morgan fingerprint density at radius 1 is 1.13 bits per heavy atom. The smallest absolute Gasteiger partial charge is 0.0165 e. The number of nitrogens with one attached hydrogen (secondary N) is 1. The summed E-state index contributed by atoms with van der Waals surface area (Å²) < 4.78 is 0. The van der Waals surface area contributed by atoms with Gasteiger partial charge in [-0.05, 0) is 38.3 Å². The zero-order chi connectivity index (χ0) is 11.3. The van der Waals surface area contributed by atoms with Crippen molar-refractivity contribution < 1.29 is 0 Å². The number of hydrogen-bond donors (Lipinski definition) is 1. The zero-order valence-corrected chi connectivity index (χ0v) is 10.4. The Balaban J connectivity index is 2.49. The second kappa shape index (κ2) is 5.32.